The number of amides is 1. The van der Waals surface area contributed by atoms with Crippen LogP contribution in [0.5, 0.6) is 6.01 Å². The van der Waals surface area contributed by atoms with Gasteiger partial charge in [-0.3, -0.25) is 14.4 Å². The lowest BCUT2D eigenvalue weighted by Crippen LogP contribution is -2.44. The van der Waals surface area contributed by atoms with Crippen molar-refractivity contribution in [3.8, 4) is 6.01 Å². The van der Waals surface area contributed by atoms with Gasteiger partial charge in [-0.2, -0.15) is 15.1 Å². The molecule has 0 saturated carbocycles. The molecule has 1 aliphatic carbocycles. The van der Waals surface area contributed by atoms with Crippen molar-refractivity contribution in [1.82, 2.24) is 29.5 Å². The van der Waals surface area contributed by atoms with Crippen LogP contribution in [0.25, 0.3) is 0 Å². The molecule has 47 heavy (non-hydrogen) atoms. The maximum atomic E-state index is 14.6. The van der Waals surface area contributed by atoms with Gasteiger partial charge in [0.15, 0.2) is 5.69 Å². The quantitative estimate of drug-likeness (QED) is 0.364. The second kappa shape index (κ2) is 11.8. The molecular formula is C35H43BrFN7O3. The Hall–Kier alpha value is -3.09. The van der Waals surface area contributed by atoms with Crippen molar-refractivity contribution in [2.24, 2.45) is 5.92 Å². The second-order valence-electron chi connectivity index (χ2n) is 14.6. The number of hydrogen-bond acceptors (Lipinski definition) is 8. The van der Waals surface area contributed by atoms with E-state index in [0.717, 1.165) is 79.0 Å². The second-order valence-corrected chi connectivity index (χ2v) is 15.5. The molecule has 1 aromatic carbocycles. The Morgan fingerprint density at radius 1 is 1.17 bits per heavy atom. The predicted octanol–water partition coefficient (Wildman–Crippen LogP) is 5.05. The molecule has 1 spiro atoms. The lowest BCUT2D eigenvalue weighted by Gasteiger charge is -2.45. The molecule has 0 bridgehead atoms. The summed E-state index contributed by atoms with van der Waals surface area (Å²) >= 11 is 3.71. The molecular weight excluding hydrogens is 665 g/mol. The molecule has 2 unspecified atom stereocenters. The van der Waals surface area contributed by atoms with Gasteiger partial charge in [0.25, 0.3) is 5.91 Å². The summed E-state index contributed by atoms with van der Waals surface area (Å²) < 4.78 is 31.1. The van der Waals surface area contributed by atoms with E-state index >= 15 is 0 Å². The van der Waals surface area contributed by atoms with Crippen molar-refractivity contribution in [3.05, 3.63) is 62.5 Å². The molecule has 4 atom stereocenters. The molecule has 6 heterocycles. The highest BCUT2D eigenvalue weighted by Crippen LogP contribution is 2.48. The average molecular weight is 709 g/mol. The number of ether oxygens (including phenoxy) is 2. The summed E-state index contributed by atoms with van der Waals surface area (Å²) in [5, 5.41) is 4.64. The van der Waals surface area contributed by atoms with Gasteiger partial charge in [0.05, 0.1) is 35.7 Å². The Balaban J connectivity index is 1.17. The summed E-state index contributed by atoms with van der Waals surface area (Å²) in [5.74, 6) is 1.17. The van der Waals surface area contributed by atoms with E-state index in [0.29, 0.717) is 56.8 Å². The standard InChI is InChI=1S/C35H43BrFN7O3/c1-22-12-23-6-7-24(36)13-28(23)35(15-22)17-30-27(20-47-35)31(39-33(38-30)46-21-34-8-4-10-43(34)18-25(37)16-34)42-9-5-11-44-26(19-42)14-29(40-44)32(45)41(2)3/h6-7,13-14,22,25H,4-5,8-12,15-21H2,1-3H3/t22?,25-,34+,35?/m1/s1. The first-order valence-corrected chi connectivity index (χ1v) is 17.8. The number of nitrogens with zero attached hydrogens (tertiary/aromatic N) is 7. The van der Waals surface area contributed by atoms with Gasteiger partial charge in [-0.25, -0.2) is 4.39 Å². The largest absolute Gasteiger partial charge is 0.461 e. The summed E-state index contributed by atoms with van der Waals surface area (Å²) in [5.41, 5.74) is 5.13. The van der Waals surface area contributed by atoms with Gasteiger partial charge in [-0.1, -0.05) is 28.9 Å². The fourth-order valence-corrected chi connectivity index (χ4v) is 9.21. The van der Waals surface area contributed by atoms with Crippen LogP contribution in [0.4, 0.5) is 10.2 Å². The molecule has 0 N–H and O–H groups in total. The number of halogens is 2. The molecule has 250 valence electrons. The maximum Gasteiger partial charge on any atom is 0.318 e. The molecule has 12 heteroatoms. The topological polar surface area (TPSA) is 88.8 Å². The van der Waals surface area contributed by atoms with Crippen LogP contribution in [0.15, 0.2) is 28.7 Å². The van der Waals surface area contributed by atoms with E-state index in [2.05, 4.69) is 56.0 Å². The van der Waals surface area contributed by atoms with Gasteiger partial charge >= 0.3 is 6.01 Å². The molecule has 8 rings (SSSR count). The van der Waals surface area contributed by atoms with Crippen LogP contribution in [-0.4, -0.2) is 87.5 Å². The third-order valence-electron chi connectivity index (χ3n) is 11.0. The maximum absolute atomic E-state index is 14.6. The van der Waals surface area contributed by atoms with Crippen LogP contribution >= 0.6 is 15.9 Å². The van der Waals surface area contributed by atoms with Crippen LogP contribution in [0.2, 0.25) is 0 Å². The fourth-order valence-electron chi connectivity index (χ4n) is 8.85. The van der Waals surface area contributed by atoms with Crippen LogP contribution < -0.4 is 9.64 Å². The van der Waals surface area contributed by atoms with E-state index in [1.165, 1.54) is 11.1 Å². The van der Waals surface area contributed by atoms with Crippen LogP contribution in [0.1, 0.15) is 77.6 Å². The first-order chi connectivity index (χ1) is 22.6. The zero-order valence-corrected chi connectivity index (χ0v) is 29.1. The molecule has 10 nitrogen and oxygen atoms in total. The molecule has 0 radical (unpaired) electrons. The molecule has 2 aromatic heterocycles. The number of rotatable bonds is 5. The van der Waals surface area contributed by atoms with Crippen LogP contribution in [0, 0.1) is 5.92 Å². The number of aryl methyl sites for hydroxylation is 1. The highest BCUT2D eigenvalue weighted by molar-refractivity contribution is 9.10. The molecule has 1 amide bonds. The summed E-state index contributed by atoms with van der Waals surface area (Å²) in [6.07, 6.45) is 5.06. The Labute approximate surface area is 283 Å². The molecule has 5 aliphatic rings. The van der Waals surface area contributed by atoms with Crippen molar-refractivity contribution in [3.63, 3.8) is 0 Å². The van der Waals surface area contributed by atoms with E-state index in [-0.39, 0.29) is 11.4 Å². The first kappa shape index (κ1) is 31.2. The number of benzene rings is 1. The summed E-state index contributed by atoms with van der Waals surface area (Å²) in [4.78, 5) is 29.0. The lowest BCUT2D eigenvalue weighted by molar-refractivity contribution is -0.0939. The van der Waals surface area contributed by atoms with Gasteiger partial charge in [0.1, 0.15) is 18.6 Å². The van der Waals surface area contributed by atoms with E-state index in [1.54, 1.807) is 19.0 Å². The van der Waals surface area contributed by atoms with Crippen molar-refractivity contribution in [2.45, 2.75) is 88.9 Å². The Morgan fingerprint density at radius 3 is 2.89 bits per heavy atom. The van der Waals surface area contributed by atoms with Gasteiger partial charge in [0, 0.05) is 56.6 Å². The Bertz CT molecular complexity index is 1720. The molecule has 2 saturated heterocycles. The minimum atomic E-state index is -0.824. The van der Waals surface area contributed by atoms with Gasteiger partial charge in [-0.05, 0) is 73.9 Å². The molecule has 3 aromatic rings. The fraction of sp³-hybridized carbons (Fsp3) is 0.600. The van der Waals surface area contributed by atoms with E-state index in [4.69, 9.17) is 19.4 Å². The average Bonchev–Trinajstić information content (AvgIpc) is 3.66. The van der Waals surface area contributed by atoms with Gasteiger partial charge < -0.3 is 19.3 Å². The Morgan fingerprint density at radius 2 is 2.04 bits per heavy atom. The van der Waals surface area contributed by atoms with E-state index in [9.17, 15) is 9.18 Å². The number of hydrogen-bond donors (Lipinski definition) is 0. The number of aromatic nitrogens is 4. The minimum absolute atomic E-state index is 0.109. The van der Waals surface area contributed by atoms with E-state index in [1.807, 2.05) is 10.7 Å². The highest BCUT2D eigenvalue weighted by Gasteiger charge is 2.50. The highest BCUT2D eigenvalue weighted by atomic mass is 79.9. The number of carbonyl (C=O) groups is 1. The number of carbonyl (C=O) groups excluding carboxylic acids is 1. The minimum Gasteiger partial charge on any atom is -0.461 e. The van der Waals surface area contributed by atoms with Crippen LogP contribution in [0.3, 0.4) is 0 Å². The Kier molecular flexibility index (Phi) is 7.83. The van der Waals surface area contributed by atoms with Crippen molar-refractivity contribution >= 4 is 27.7 Å². The molecule has 4 aliphatic heterocycles. The molecule has 2 fully saturated rings. The third kappa shape index (κ3) is 5.53. The monoisotopic (exact) mass is 707 g/mol. The lowest BCUT2D eigenvalue weighted by atomic mass is 9.71. The number of anilines is 1. The summed E-state index contributed by atoms with van der Waals surface area (Å²) in [7, 11) is 3.49. The summed E-state index contributed by atoms with van der Waals surface area (Å²) in [6, 6.07) is 8.80. The third-order valence-corrected chi connectivity index (χ3v) is 11.5. The van der Waals surface area contributed by atoms with Crippen LogP contribution in [-0.2, 0) is 42.9 Å². The SMILES string of the molecule is CC1Cc2ccc(Br)cc2C2(Cc3nc(OC[C@@]45CCCN4C[C@H](F)C5)nc(N4CCCn5nc(C(=O)N(C)C)cc5C4)c3CO2)C1. The number of alkyl halides is 1. The number of fused-ring (bicyclic) bond motifs is 5. The zero-order valence-electron chi connectivity index (χ0n) is 27.5. The normalized spacial score (nSPS) is 28.4. The van der Waals surface area contributed by atoms with Crippen molar-refractivity contribution in [2.75, 3.05) is 45.2 Å². The summed E-state index contributed by atoms with van der Waals surface area (Å²) in [6.45, 7) is 6.49. The van der Waals surface area contributed by atoms with E-state index < -0.39 is 11.8 Å². The smallest absolute Gasteiger partial charge is 0.318 e. The van der Waals surface area contributed by atoms with Gasteiger partial charge in [-0.15, -0.1) is 0 Å². The van der Waals surface area contributed by atoms with Crippen molar-refractivity contribution in [1.29, 1.82) is 0 Å². The van der Waals surface area contributed by atoms with Crippen molar-refractivity contribution < 1.29 is 18.7 Å². The van der Waals surface area contributed by atoms with Gasteiger partial charge in [0.2, 0.25) is 0 Å². The zero-order chi connectivity index (χ0) is 32.5. The first-order valence-electron chi connectivity index (χ1n) is 17.0. The predicted molar refractivity (Wildman–Crippen MR) is 178 cm³/mol.